The Morgan fingerprint density at radius 2 is 1.82 bits per heavy atom. The van der Waals surface area contributed by atoms with E-state index in [0.717, 1.165) is 63.6 Å². The summed E-state index contributed by atoms with van der Waals surface area (Å²) in [6.07, 6.45) is 13.2. The highest BCUT2D eigenvalue weighted by atomic mass is 16.2. The fourth-order valence-electron chi connectivity index (χ4n) is 5.25. The molecule has 1 aliphatic carbocycles. The Balaban J connectivity index is 1.21. The quantitative estimate of drug-likeness (QED) is 0.845. The van der Waals surface area contributed by atoms with Gasteiger partial charge in [0.2, 0.25) is 5.91 Å². The fraction of sp³-hybridized carbons (Fsp3) is 0.739. The van der Waals surface area contributed by atoms with Gasteiger partial charge in [-0.25, -0.2) is 4.98 Å². The minimum Gasteiger partial charge on any atom is -0.356 e. The molecule has 1 aromatic rings. The summed E-state index contributed by atoms with van der Waals surface area (Å²) in [6, 6.07) is 6.37. The van der Waals surface area contributed by atoms with E-state index in [2.05, 4.69) is 20.1 Å². The first-order valence-corrected chi connectivity index (χ1v) is 11.5. The van der Waals surface area contributed by atoms with Gasteiger partial charge in [0.05, 0.1) is 5.92 Å². The minimum atomic E-state index is 0.0935. The van der Waals surface area contributed by atoms with Crippen molar-refractivity contribution in [3.63, 3.8) is 0 Å². The highest BCUT2D eigenvalue weighted by Gasteiger charge is 2.29. The molecular formula is C23H36N4O. The third-order valence-corrected chi connectivity index (χ3v) is 6.94. The summed E-state index contributed by atoms with van der Waals surface area (Å²) < 4.78 is 0. The lowest BCUT2D eigenvalue weighted by molar-refractivity contribution is -0.126. The molecule has 0 spiro atoms. The average molecular weight is 385 g/mol. The Bertz CT molecular complexity index is 608. The lowest BCUT2D eigenvalue weighted by atomic mass is 9.88. The van der Waals surface area contributed by atoms with Gasteiger partial charge in [0.25, 0.3) is 0 Å². The maximum atomic E-state index is 12.9. The van der Waals surface area contributed by atoms with Crippen molar-refractivity contribution in [3.05, 3.63) is 24.4 Å². The number of anilines is 1. The average Bonchev–Trinajstić information content (AvgIpc) is 2.76. The summed E-state index contributed by atoms with van der Waals surface area (Å²) in [7, 11) is 0. The second kappa shape index (κ2) is 9.73. The molecule has 1 saturated carbocycles. The summed E-state index contributed by atoms with van der Waals surface area (Å²) in [4.78, 5) is 22.2. The zero-order chi connectivity index (χ0) is 19.2. The SMILES string of the molecule is O=C(NC1CCN(CC2CCCCC2)CC1)[C@@H]1CCCN(c2ccccn2)C1. The molecule has 0 aromatic carbocycles. The van der Waals surface area contributed by atoms with E-state index in [1.165, 1.54) is 38.6 Å². The van der Waals surface area contributed by atoms with E-state index < -0.39 is 0 Å². The molecule has 4 rings (SSSR count). The van der Waals surface area contributed by atoms with Crippen molar-refractivity contribution in [2.75, 3.05) is 37.6 Å². The van der Waals surface area contributed by atoms with Crippen LogP contribution in [0.1, 0.15) is 57.8 Å². The van der Waals surface area contributed by atoms with Crippen molar-refractivity contribution in [1.82, 2.24) is 15.2 Å². The number of rotatable bonds is 5. The molecule has 0 bridgehead atoms. The van der Waals surface area contributed by atoms with Crippen LogP contribution in [0.5, 0.6) is 0 Å². The number of piperidine rings is 2. The Morgan fingerprint density at radius 3 is 2.57 bits per heavy atom. The Labute approximate surface area is 169 Å². The molecule has 3 aliphatic rings. The zero-order valence-corrected chi connectivity index (χ0v) is 17.2. The van der Waals surface area contributed by atoms with Crippen LogP contribution in [0.2, 0.25) is 0 Å². The van der Waals surface area contributed by atoms with Crippen molar-refractivity contribution in [1.29, 1.82) is 0 Å². The van der Waals surface area contributed by atoms with Crippen molar-refractivity contribution < 1.29 is 4.79 Å². The molecule has 1 aromatic heterocycles. The van der Waals surface area contributed by atoms with Gasteiger partial charge in [-0.2, -0.15) is 0 Å². The van der Waals surface area contributed by atoms with E-state index in [9.17, 15) is 4.79 Å². The van der Waals surface area contributed by atoms with Gasteiger partial charge in [0.15, 0.2) is 0 Å². The van der Waals surface area contributed by atoms with Gasteiger partial charge in [-0.15, -0.1) is 0 Å². The molecule has 2 aliphatic heterocycles. The maximum Gasteiger partial charge on any atom is 0.225 e. The van der Waals surface area contributed by atoms with Gasteiger partial charge in [0, 0.05) is 45.0 Å². The summed E-state index contributed by atoms with van der Waals surface area (Å²) in [5.74, 6) is 2.26. The van der Waals surface area contributed by atoms with Gasteiger partial charge in [-0.05, 0) is 56.6 Å². The molecule has 154 valence electrons. The van der Waals surface area contributed by atoms with Crippen LogP contribution in [0.15, 0.2) is 24.4 Å². The number of likely N-dealkylation sites (tertiary alicyclic amines) is 1. The Hall–Kier alpha value is -1.62. The van der Waals surface area contributed by atoms with Gasteiger partial charge in [-0.3, -0.25) is 4.79 Å². The molecule has 3 fully saturated rings. The highest BCUT2D eigenvalue weighted by Crippen LogP contribution is 2.26. The lowest BCUT2D eigenvalue weighted by Crippen LogP contribution is -2.50. The normalized spacial score (nSPS) is 25.6. The number of carbonyl (C=O) groups excluding carboxylic acids is 1. The van der Waals surface area contributed by atoms with Crippen molar-refractivity contribution in [3.8, 4) is 0 Å². The molecular weight excluding hydrogens is 348 g/mol. The molecule has 1 atom stereocenters. The first kappa shape index (κ1) is 19.7. The molecule has 2 saturated heterocycles. The molecule has 28 heavy (non-hydrogen) atoms. The monoisotopic (exact) mass is 384 g/mol. The van der Waals surface area contributed by atoms with Crippen LogP contribution in [0.4, 0.5) is 5.82 Å². The topological polar surface area (TPSA) is 48.5 Å². The number of amides is 1. The van der Waals surface area contributed by atoms with E-state index in [0.29, 0.717) is 6.04 Å². The molecule has 0 unspecified atom stereocenters. The number of aromatic nitrogens is 1. The summed E-state index contributed by atoms with van der Waals surface area (Å²) in [5, 5.41) is 3.37. The van der Waals surface area contributed by atoms with Crippen LogP contribution in [-0.2, 0) is 4.79 Å². The first-order chi connectivity index (χ1) is 13.8. The van der Waals surface area contributed by atoms with Crippen molar-refractivity contribution in [2.24, 2.45) is 11.8 Å². The predicted molar refractivity (Wildman–Crippen MR) is 113 cm³/mol. The number of pyridine rings is 1. The van der Waals surface area contributed by atoms with Gasteiger partial charge < -0.3 is 15.1 Å². The van der Waals surface area contributed by atoms with Crippen molar-refractivity contribution >= 4 is 11.7 Å². The predicted octanol–water partition coefficient (Wildman–Crippen LogP) is 3.46. The van der Waals surface area contributed by atoms with E-state index in [4.69, 9.17) is 0 Å². The standard InChI is InChI=1S/C23H36N4O/c28-23(20-9-6-14-27(18-20)22-10-4-5-13-24-22)25-21-11-15-26(16-12-21)17-19-7-2-1-3-8-19/h4-5,10,13,19-21H,1-3,6-9,11-12,14-18H2,(H,25,28)/t20-/m1/s1. The van der Waals surface area contributed by atoms with Crippen LogP contribution < -0.4 is 10.2 Å². The van der Waals surface area contributed by atoms with Gasteiger partial charge in [-0.1, -0.05) is 25.3 Å². The fourth-order valence-corrected chi connectivity index (χ4v) is 5.25. The molecule has 0 radical (unpaired) electrons. The Morgan fingerprint density at radius 1 is 1.00 bits per heavy atom. The summed E-state index contributed by atoms with van der Waals surface area (Å²) >= 11 is 0. The van der Waals surface area contributed by atoms with Crippen LogP contribution >= 0.6 is 0 Å². The minimum absolute atomic E-state index is 0.0935. The molecule has 5 nitrogen and oxygen atoms in total. The Kier molecular flexibility index (Phi) is 6.84. The lowest BCUT2D eigenvalue weighted by Gasteiger charge is -2.37. The smallest absolute Gasteiger partial charge is 0.225 e. The largest absolute Gasteiger partial charge is 0.356 e. The van der Waals surface area contributed by atoms with Crippen LogP contribution in [0.3, 0.4) is 0 Å². The second-order valence-corrected chi connectivity index (χ2v) is 9.06. The number of nitrogens with zero attached hydrogens (tertiary/aromatic N) is 3. The van der Waals surface area contributed by atoms with Crippen molar-refractivity contribution in [2.45, 2.75) is 63.8 Å². The molecule has 5 heteroatoms. The van der Waals surface area contributed by atoms with Gasteiger partial charge in [0.1, 0.15) is 5.82 Å². The third-order valence-electron chi connectivity index (χ3n) is 6.94. The van der Waals surface area contributed by atoms with E-state index in [1.807, 2.05) is 24.4 Å². The van der Waals surface area contributed by atoms with E-state index in [-0.39, 0.29) is 11.8 Å². The highest BCUT2D eigenvalue weighted by molar-refractivity contribution is 5.79. The van der Waals surface area contributed by atoms with E-state index in [1.54, 1.807) is 0 Å². The van der Waals surface area contributed by atoms with E-state index >= 15 is 0 Å². The third kappa shape index (κ3) is 5.25. The van der Waals surface area contributed by atoms with Crippen LogP contribution in [-0.4, -0.2) is 54.6 Å². The number of hydrogen-bond donors (Lipinski definition) is 1. The molecule has 1 N–H and O–H groups in total. The number of carbonyl (C=O) groups is 1. The number of hydrogen-bond acceptors (Lipinski definition) is 4. The van der Waals surface area contributed by atoms with Crippen LogP contribution in [0, 0.1) is 11.8 Å². The summed E-state index contributed by atoms with van der Waals surface area (Å²) in [5.41, 5.74) is 0. The molecule has 3 heterocycles. The first-order valence-electron chi connectivity index (χ1n) is 11.5. The molecule has 1 amide bonds. The zero-order valence-electron chi connectivity index (χ0n) is 17.2. The maximum absolute atomic E-state index is 12.9. The second-order valence-electron chi connectivity index (χ2n) is 9.06. The summed E-state index contributed by atoms with van der Waals surface area (Å²) in [6.45, 7) is 5.37. The van der Waals surface area contributed by atoms with Crippen LogP contribution in [0.25, 0.3) is 0 Å². The van der Waals surface area contributed by atoms with Gasteiger partial charge >= 0.3 is 0 Å². The number of nitrogens with one attached hydrogen (secondary N) is 1.